The summed E-state index contributed by atoms with van der Waals surface area (Å²) >= 11 is 0. The first-order valence-electron chi connectivity index (χ1n) is 13.0. The maximum atomic E-state index is 5.02. The maximum Gasteiger partial charge on any atom is 0.164 e. The molecule has 7 aromatic rings. The van der Waals surface area contributed by atoms with Crippen molar-refractivity contribution >= 4 is 162 Å². The fourth-order valence-corrected chi connectivity index (χ4v) is 5.59. The Bertz CT molecular complexity index is 2050. The fraction of sp³-hybridized carbons (Fsp3) is 0. The number of hydrogen-bond acceptors (Lipinski definition) is 6. The first-order valence-corrected chi connectivity index (χ1v) is 13.0. The molecule has 9 rings (SSSR count). The molecule has 4 aromatic carbocycles. The van der Waals surface area contributed by atoms with E-state index in [9.17, 15) is 0 Å². The monoisotopic (exact) mass is 673 g/mol. The Hall–Kier alpha value is -1.24. The SMILES string of the molecule is [Cu].[NaH].[NaH].[NaH].[NaH].c1ccc2c(c1)-c1nc-2nc2[nH]c(nc3nc(nc4[nH]c(n1)c1ccccc41)-c1ccccc1-3)c1ccccc21. The van der Waals surface area contributed by atoms with Crippen LogP contribution in [-0.2, 0) is 17.1 Å². The molecule has 3 aromatic heterocycles. The predicted molar refractivity (Wildman–Crippen MR) is 185 cm³/mol. The molecule has 0 aliphatic carbocycles. The third-order valence-electron chi connectivity index (χ3n) is 7.46. The van der Waals surface area contributed by atoms with E-state index in [1.807, 2.05) is 97.1 Å². The smallest absolute Gasteiger partial charge is 0.164 e. The summed E-state index contributed by atoms with van der Waals surface area (Å²) in [5.41, 5.74) is 6.45. The van der Waals surface area contributed by atoms with Gasteiger partial charge in [0.15, 0.2) is 23.3 Å². The van der Waals surface area contributed by atoms with E-state index in [1.54, 1.807) is 0 Å². The Morgan fingerprint density at radius 2 is 0.533 bits per heavy atom. The number of rotatable bonds is 0. The number of aromatic nitrogens is 8. The summed E-state index contributed by atoms with van der Waals surface area (Å²) in [6.45, 7) is 0. The Kier molecular flexibility index (Phi) is 12.1. The Morgan fingerprint density at radius 3 is 0.778 bits per heavy atom. The summed E-state index contributed by atoms with van der Waals surface area (Å²) in [6.07, 6.45) is 0. The molecular weight excluding hydrogens is 652 g/mol. The van der Waals surface area contributed by atoms with Crippen LogP contribution in [0.4, 0.5) is 0 Å². The minimum Gasteiger partial charge on any atom is -0.324 e. The van der Waals surface area contributed by atoms with Crippen LogP contribution in [0.2, 0.25) is 0 Å². The van der Waals surface area contributed by atoms with Crippen LogP contribution in [0.1, 0.15) is 0 Å². The van der Waals surface area contributed by atoms with Crippen molar-refractivity contribution in [3.05, 3.63) is 97.1 Å². The van der Waals surface area contributed by atoms with Crippen LogP contribution in [0.5, 0.6) is 0 Å². The quantitative estimate of drug-likeness (QED) is 0.233. The molecule has 0 spiro atoms. The third kappa shape index (κ3) is 6.23. The number of hydrogen-bond donors (Lipinski definition) is 2. The predicted octanol–water partition coefficient (Wildman–Crippen LogP) is 4.27. The van der Waals surface area contributed by atoms with Crippen molar-refractivity contribution in [2.75, 3.05) is 0 Å². The van der Waals surface area contributed by atoms with Gasteiger partial charge in [-0.05, 0) is 0 Å². The van der Waals surface area contributed by atoms with Crippen LogP contribution in [0.15, 0.2) is 97.1 Å². The molecule has 0 amide bonds. The van der Waals surface area contributed by atoms with Crippen molar-refractivity contribution in [2.45, 2.75) is 0 Å². The standard InChI is InChI=1S/C32H18N8.Cu.4Na.4H/c1-2-10-18-17(9-1)25-33-26(18)38-28-21-13-5-6-14-22(21)30(35-28)40-32-24-16-8-7-15-23(24)31(36-32)39-29-20-12-4-3-11-19(20)27(34-29)37-25;;;;;;;;;/h1-16H,(H2,33,34,35,36,37,38,39,40);;;;;;;;;. The average molecular weight is 674 g/mol. The molecular formula is C32H22CuN8Na4. The van der Waals surface area contributed by atoms with Gasteiger partial charge in [-0.2, -0.15) is 0 Å². The third-order valence-corrected chi connectivity index (χ3v) is 7.46. The molecule has 13 heteroatoms. The van der Waals surface area contributed by atoms with Gasteiger partial charge >= 0.3 is 118 Å². The molecule has 205 valence electrons. The van der Waals surface area contributed by atoms with Crippen LogP contribution in [0, 0.1) is 0 Å². The first kappa shape index (κ1) is 36.6. The second-order valence-electron chi connectivity index (χ2n) is 9.79. The molecule has 8 bridgehead atoms. The molecule has 45 heavy (non-hydrogen) atoms. The molecule has 0 saturated carbocycles. The van der Waals surface area contributed by atoms with Crippen LogP contribution in [0.3, 0.4) is 0 Å². The zero-order valence-corrected chi connectivity index (χ0v) is 22.2. The van der Waals surface area contributed by atoms with Crippen LogP contribution in [-0.4, -0.2) is 158 Å². The molecule has 0 atom stereocenters. The molecule has 2 N–H and O–H groups in total. The topological polar surface area (TPSA) is 109 Å². The number of aromatic amines is 2. The Morgan fingerprint density at radius 1 is 0.311 bits per heavy atom. The van der Waals surface area contributed by atoms with Gasteiger partial charge in [-0.25, -0.2) is 29.9 Å². The van der Waals surface area contributed by atoms with E-state index < -0.39 is 0 Å². The molecule has 5 heterocycles. The largest absolute Gasteiger partial charge is 0.324 e. The van der Waals surface area contributed by atoms with Gasteiger partial charge in [-0.15, -0.1) is 0 Å². The average Bonchev–Trinajstić information content (AvgIpc) is 3.73. The second-order valence-corrected chi connectivity index (χ2v) is 9.79. The number of benzene rings is 4. The van der Waals surface area contributed by atoms with E-state index in [1.165, 1.54) is 0 Å². The minimum absolute atomic E-state index is 0. The summed E-state index contributed by atoms with van der Waals surface area (Å²) in [4.78, 5) is 36.8. The summed E-state index contributed by atoms with van der Waals surface area (Å²) in [5.74, 6) is 2.39. The normalized spacial score (nSPS) is 10.7. The van der Waals surface area contributed by atoms with E-state index in [0.717, 1.165) is 43.8 Å². The first-order chi connectivity index (χ1) is 19.8. The van der Waals surface area contributed by atoms with Gasteiger partial charge in [0.2, 0.25) is 0 Å². The number of fused-ring (bicyclic) bond motifs is 20. The molecule has 2 aliphatic heterocycles. The summed E-state index contributed by atoms with van der Waals surface area (Å²) in [5, 5.41) is 3.82. The van der Waals surface area contributed by atoms with E-state index >= 15 is 0 Å². The number of H-pyrrole nitrogens is 2. The van der Waals surface area contributed by atoms with Gasteiger partial charge in [-0.1, -0.05) is 97.1 Å². The van der Waals surface area contributed by atoms with E-state index in [2.05, 4.69) is 9.97 Å². The molecule has 0 saturated heterocycles. The van der Waals surface area contributed by atoms with Crippen molar-refractivity contribution < 1.29 is 17.1 Å². The summed E-state index contributed by atoms with van der Waals surface area (Å²) < 4.78 is 0. The van der Waals surface area contributed by atoms with Crippen LogP contribution in [0.25, 0.3) is 89.7 Å². The Labute approximate surface area is 356 Å². The fourth-order valence-electron chi connectivity index (χ4n) is 5.59. The maximum absolute atomic E-state index is 5.02. The zero-order chi connectivity index (χ0) is 26.2. The number of nitrogens with one attached hydrogen (secondary N) is 2. The van der Waals surface area contributed by atoms with Crippen molar-refractivity contribution in [3.63, 3.8) is 0 Å². The van der Waals surface area contributed by atoms with Crippen molar-refractivity contribution in [3.8, 4) is 45.6 Å². The van der Waals surface area contributed by atoms with E-state index in [0.29, 0.717) is 45.9 Å². The van der Waals surface area contributed by atoms with E-state index in [4.69, 9.17) is 29.9 Å². The van der Waals surface area contributed by atoms with E-state index in [-0.39, 0.29) is 135 Å². The van der Waals surface area contributed by atoms with Gasteiger partial charge in [0, 0.05) is 60.9 Å². The van der Waals surface area contributed by atoms with Gasteiger partial charge in [-0.3, -0.25) is 0 Å². The van der Waals surface area contributed by atoms with Crippen LogP contribution < -0.4 is 0 Å². The van der Waals surface area contributed by atoms with Crippen molar-refractivity contribution in [1.82, 2.24) is 39.9 Å². The van der Waals surface area contributed by atoms with Crippen LogP contribution >= 0.6 is 0 Å². The molecule has 1 radical (unpaired) electrons. The zero-order valence-electron chi connectivity index (χ0n) is 21.2. The molecule has 8 nitrogen and oxygen atoms in total. The molecule has 0 unspecified atom stereocenters. The van der Waals surface area contributed by atoms with Crippen molar-refractivity contribution in [2.24, 2.45) is 0 Å². The van der Waals surface area contributed by atoms with Gasteiger partial charge in [0.1, 0.15) is 22.6 Å². The van der Waals surface area contributed by atoms with Crippen molar-refractivity contribution in [1.29, 1.82) is 0 Å². The Balaban J connectivity index is 0.000000922. The minimum atomic E-state index is 0. The van der Waals surface area contributed by atoms with Gasteiger partial charge < -0.3 is 9.97 Å². The van der Waals surface area contributed by atoms with Gasteiger partial charge in [0.05, 0.1) is 0 Å². The molecule has 2 aliphatic rings. The molecule has 0 fully saturated rings. The summed E-state index contributed by atoms with van der Waals surface area (Å²) in [6, 6.07) is 32.2. The van der Waals surface area contributed by atoms with Gasteiger partial charge in [0.25, 0.3) is 0 Å². The summed E-state index contributed by atoms with van der Waals surface area (Å²) in [7, 11) is 0. The second kappa shape index (κ2) is 14.9. The number of nitrogens with zero attached hydrogens (tertiary/aromatic N) is 6.